The molecule has 0 aliphatic heterocycles. The maximum Gasteiger partial charge on any atom is 0.349 e. The van der Waals surface area contributed by atoms with Crippen molar-refractivity contribution < 1.29 is 9.53 Å². The molecule has 0 bridgehead atoms. The van der Waals surface area contributed by atoms with Gasteiger partial charge in [0.15, 0.2) is 7.85 Å². The molecule has 1 rings (SSSR count). The highest BCUT2D eigenvalue weighted by Gasteiger charge is 2.13. The van der Waals surface area contributed by atoms with Gasteiger partial charge in [0.05, 0.1) is 12.1 Å². The van der Waals surface area contributed by atoms with E-state index in [1.807, 2.05) is 14.8 Å². The van der Waals surface area contributed by atoms with Crippen LogP contribution in [0, 0.1) is 0 Å². The zero-order chi connectivity index (χ0) is 9.14. The third kappa shape index (κ3) is 1.66. The Hall–Kier alpha value is -0.835. The number of aromatic nitrogens is 1. The summed E-state index contributed by atoms with van der Waals surface area (Å²) in [6, 6.07) is 0. The summed E-state index contributed by atoms with van der Waals surface area (Å²) in [6.45, 7) is 2.01. The lowest BCUT2D eigenvalue weighted by Crippen LogP contribution is -2.14. The van der Waals surface area contributed by atoms with E-state index >= 15 is 0 Å². The maximum atomic E-state index is 11.1. The van der Waals surface area contributed by atoms with Crippen LogP contribution in [0.1, 0.15) is 21.6 Å². The molecule has 0 N–H and O–H groups in total. The fourth-order valence-corrected chi connectivity index (χ4v) is 1.81. The highest BCUT2D eigenvalue weighted by molar-refractivity contribution is 7.14. The normalized spacial score (nSPS) is 9.83. The molecular formula is C7H10BNO2S. The Kier molecular flexibility index (Phi) is 2.86. The predicted molar refractivity (Wildman–Crippen MR) is 51.0 cm³/mol. The highest BCUT2D eigenvalue weighted by atomic mass is 32.1. The van der Waals surface area contributed by atoms with Gasteiger partial charge < -0.3 is 4.74 Å². The van der Waals surface area contributed by atoms with Crippen LogP contribution in [0.4, 0.5) is 0 Å². The van der Waals surface area contributed by atoms with Crippen LogP contribution < -0.4 is 5.59 Å². The van der Waals surface area contributed by atoms with Crippen molar-refractivity contribution in [1.29, 1.82) is 0 Å². The van der Waals surface area contributed by atoms with Gasteiger partial charge in [-0.1, -0.05) is 6.92 Å². The molecule has 0 amide bonds. The SMILES string of the molecule is Bc1nc(CC)sc1C(=O)OC. The Labute approximate surface area is 76.2 Å². The highest BCUT2D eigenvalue weighted by Crippen LogP contribution is 2.11. The number of thiazole rings is 1. The summed E-state index contributed by atoms with van der Waals surface area (Å²) in [5.74, 6) is -0.287. The number of methoxy groups -OCH3 is 1. The molecule has 0 spiro atoms. The largest absolute Gasteiger partial charge is 0.465 e. The van der Waals surface area contributed by atoms with E-state index in [2.05, 4.69) is 9.72 Å². The van der Waals surface area contributed by atoms with Crippen LogP contribution in [0.15, 0.2) is 0 Å². The zero-order valence-corrected chi connectivity index (χ0v) is 8.20. The fourth-order valence-electron chi connectivity index (χ4n) is 0.886. The van der Waals surface area contributed by atoms with Gasteiger partial charge in [-0.15, -0.1) is 11.3 Å². The Morgan fingerprint density at radius 1 is 1.75 bits per heavy atom. The smallest absolute Gasteiger partial charge is 0.349 e. The van der Waals surface area contributed by atoms with Crippen molar-refractivity contribution in [2.24, 2.45) is 0 Å². The van der Waals surface area contributed by atoms with Gasteiger partial charge in [0, 0.05) is 5.59 Å². The molecule has 1 aromatic rings. The summed E-state index contributed by atoms with van der Waals surface area (Å²) in [5.41, 5.74) is 0.767. The van der Waals surface area contributed by atoms with E-state index in [0.29, 0.717) is 4.88 Å². The van der Waals surface area contributed by atoms with Crippen LogP contribution >= 0.6 is 11.3 Å². The molecule has 5 heteroatoms. The van der Waals surface area contributed by atoms with E-state index in [-0.39, 0.29) is 5.97 Å². The van der Waals surface area contributed by atoms with Crippen molar-refractivity contribution in [3.05, 3.63) is 9.88 Å². The van der Waals surface area contributed by atoms with Crippen LogP contribution in [-0.2, 0) is 11.2 Å². The van der Waals surface area contributed by atoms with Gasteiger partial charge in [-0.25, -0.2) is 4.79 Å². The number of hydrogen-bond acceptors (Lipinski definition) is 4. The number of carbonyl (C=O) groups is 1. The minimum absolute atomic E-state index is 0.287. The van der Waals surface area contributed by atoms with Crippen LogP contribution in [0.5, 0.6) is 0 Å². The molecule has 1 aromatic heterocycles. The molecule has 0 fully saturated rings. The second-order valence-electron chi connectivity index (χ2n) is 2.37. The third-order valence-corrected chi connectivity index (χ3v) is 2.80. The average molecular weight is 183 g/mol. The Balaban J connectivity index is 2.99. The van der Waals surface area contributed by atoms with Gasteiger partial charge in [0.1, 0.15) is 4.88 Å². The standard InChI is InChI=1S/C7H10BNO2S/c1-3-4-9-6(8)5(12-4)7(10)11-2/h3,8H2,1-2H3. The summed E-state index contributed by atoms with van der Waals surface area (Å²) in [4.78, 5) is 15.9. The molecule has 0 radical (unpaired) electrons. The van der Waals surface area contributed by atoms with E-state index in [9.17, 15) is 4.79 Å². The molecular weight excluding hydrogens is 173 g/mol. The lowest BCUT2D eigenvalue weighted by Gasteiger charge is -1.93. The predicted octanol–water partition coefficient (Wildman–Crippen LogP) is -0.250. The van der Waals surface area contributed by atoms with Crippen LogP contribution in [-0.4, -0.2) is 25.9 Å². The van der Waals surface area contributed by atoms with Crippen molar-refractivity contribution in [2.45, 2.75) is 13.3 Å². The molecule has 0 atom stereocenters. The number of aryl methyl sites for hydroxylation is 1. The molecule has 0 aliphatic rings. The minimum atomic E-state index is -0.287. The van der Waals surface area contributed by atoms with Gasteiger partial charge >= 0.3 is 5.97 Å². The molecule has 0 aromatic carbocycles. The quantitative estimate of drug-likeness (QED) is 0.468. The first-order valence-corrected chi connectivity index (χ1v) is 4.55. The zero-order valence-electron chi connectivity index (χ0n) is 7.38. The number of carbonyl (C=O) groups excluding carboxylic acids is 1. The van der Waals surface area contributed by atoms with E-state index in [0.717, 1.165) is 17.0 Å². The molecule has 1 heterocycles. The first-order valence-electron chi connectivity index (χ1n) is 3.73. The molecule has 0 unspecified atom stereocenters. The lowest BCUT2D eigenvalue weighted by molar-refractivity contribution is 0.0607. The molecule has 0 saturated carbocycles. The molecule has 3 nitrogen and oxygen atoms in total. The summed E-state index contributed by atoms with van der Waals surface area (Å²) in [6.07, 6.45) is 0.864. The monoisotopic (exact) mass is 183 g/mol. The number of esters is 1. The van der Waals surface area contributed by atoms with E-state index in [4.69, 9.17) is 0 Å². The lowest BCUT2D eigenvalue weighted by atomic mass is 10.0. The van der Waals surface area contributed by atoms with Gasteiger partial charge in [-0.3, -0.25) is 4.98 Å². The number of hydrogen-bond donors (Lipinski definition) is 0. The average Bonchev–Trinajstić information content (AvgIpc) is 2.45. The number of ether oxygens (including phenoxy) is 1. The van der Waals surface area contributed by atoms with Crippen molar-refractivity contribution in [3.8, 4) is 0 Å². The van der Waals surface area contributed by atoms with Crippen molar-refractivity contribution in [2.75, 3.05) is 7.11 Å². The third-order valence-electron chi connectivity index (χ3n) is 1.51. The van der Waals surface area contributed by atoms with Gasteiger partial charge in [0.25, 0.3) is 0 Å². The van der Waals surface area contributed by atoms with Crippen LogP contribution in [0.3, 0.4) is 0 Å². The van der Waals surface area contributed by atoms with Crippen LogP contribution in [0.2, 0.25) is 0 Å². The summed E-state index contributed by atoms with van der Waals surface area (Å²) in [7, 11) is 3.20. The van der Waals surface area contributed by atoms with Crippen LogP contribution in [0.25, 0.3) is 0 Å². The second kappa shape index (κ2) is 3.71. The van der Waals surface area contributed by atoms with Gasteiger partial charge in [-0.2, -0.15) is 0 Å². The van der Waals surface area contributed by atoms with E-state index < -0.39 is 0 Å². The molecule has 0 aliphatic carbocycles. The maximum absolute atomic E-state index is 11.1. The fraction of sp³-hybridized carbons (Fsp3) is 0.429. The first kappa shape index (κ1) is 9.25. The molecule has 12 heavy (non-hydrogen) atoms. The Bertz CT molecular complexity index is 298. The number of rotatable bonds is 2. The van der Waals surface area contributed by atoms with Crippen molar-refractivity contribution >= 4 is 30.7 Å². The van der Waals surface area contributed by atoms with E-state index in [1.54, 1.807) is 0 Å². The van der Waals surface area contributed by atoms with Crippen molar-refractivity contribution in [3.63, 3.8) is 0 Å². The van der Waals surface area contributed by atoms with Gasteiger partial charge in [-0.05, 0) is 6.42 Å². The summed E-state index contributed by atoms with van der Waals surface area (Å²) >= 11 is 1.41. The Morgan fingerprint density at radius 3 is 2.83 bits per heavy atom. The topological polar surface area (TPSA) is 39.2 Å². The molecule has 0 saturated heterocycles. The molecule has 64 valence electrons. The Morgan fingerprint density at radius 2 is 2.42 bits per heavy atom. The van der Waals surface area contributed by atoms with Gasteiger partial charge in [0.2, 0.25) is 0 Å². The second-order valence-corrected chi connectivity index (χ2v) is 3.45. The first-order chi connectivity index (χ1) is 5.69. The summed E-state index contributed by atoms with van der Waals surface area (Å²) < 4.78 is 4.61. The van der Waals surface area contributed by atoms with E-state index in [1.165, 1.54) is 18.4 Å². The van der Waals surface area contributed by atoms with Crippen molar-refractivity contribution in [1.82, 2.24) is 4.98 Å². The number of nitrogens with zero attached hydrogens (tertiary/aromatic N) is 1. The summed E-state index contributed by atoms with van der Waals surface area (Å²) in [5, 5.41) is 0.980. The minimum Gasteiger partial charge on any atom is -0.465 e.